The van der Waals surface area contributed by atoms with E-state index in [-0.39, 0.29) is 16.8 Å². The van der Waals surface area contributed by atoms with E-state index in [2.05, 4.69) is 15.3 Å². The van der Waals surface area contributed by atoms with Crippen molar-refractivity contribution in [2.45, 2.75) is 12.2 Å². The number of carbonyl (C=O) groups is 1. The summed E-state index contributed by atoms with van der Waals surface area (Å²) < 4.78 is 54.7. The zero-order chi connectivity index (χ0) is 21.3. The number of halogens is 4. The van der Waals surface area contributed by atoms with E-state index in [1.165, 1.54) is 30.5 Å². The van der Waals surface area contributed by atoms with Crippen LogP contribution in [0.4, 0.5) is 17.6 Å². The van der Waals surface area contributed by atoms with E-state index >= 15 is 0 Å². The van der Waals surface area contributed by atoms with Gasteiger partial charge in [-0.2, -0.15) is 13.2 Å². The Morgan fingerprint density at radius 2 is 1.77 bits per heavy atom. The fraction of sp³-hybridized carbons (Fsp3) is 0.0952. The molecule has 0 aliphatic carbocycles. The third-order valence-electron chi connectivity index (χ3n) is 4.56. The summed E-state index contributed by atoms with van der Waals surface area (Å²) in [7, 11) is 0. The number of rotatable bonds is 4. The summed E-state index contributed by atoms with van der Waals surface area (Å²) in [6.07, 6.45) is 1.63. The van der Waals surface area contributed by atoms with Crippen molar-refractivity contribution in [1.82, 2.24) is 19.7 Å². The van der Waals surface area contributed by atoms with E-state index in [1.54, 1.807) is 35.1 Å². The molecule has 1 amide bonds. The number of hydrogen-bond acceptors (Lipinski definition) is 3. The summed E-state index contributed by atoms with van der Waals surface area (Å²) in [5.74, 6) is -1.23. The van der Waals surface area contributed by atoms with Crippen LogP contribution in [0.3, 0.4) is 0 Å². The van der Waals surface area contributed by atoms with Crippen LogP contribution in [0.15, 0.2) is 73.3 Å². The lowest BCUT2D eigenvalue weighted by Gasteiger charge is -2.20. The quantitative estimate of drug-likeness (QED) is 0.504. The van der Waals surface area contributed by atoms with Gasteiger partial charge in [-0.15, -0.1) is 0 Å². The van der Waals surface area contributed by atoms with Crippen molar-refractivity contribution < 1.29 is 22.4 Å². The van der Waals surface area contributed by atoms with Crippen molar-refractivity contribution in [2.75, 3.05) is 0 Å². The van der Waals surface area contributed by atoms with Crippen LogP contribution in [0.25, 0.3) is 5.65 Å². The first-order valence-corrected chi connectivity index (χ1v) is 8.84. The first-order chi connectivity index (χ1) is 14.3. The maximum Gasteiger partial charge on any atom is 0.416 e. The van der Waals surface area contributed by atoms with Crippen LogP contribution in [0, 0.1) is 5.82 Å². The molecule has 0 saturated heterocycles. The molecule has 0 saturated carbocycles. The number of carbonyl (C=O) groups excluding carboxylic acids is 1. The Balaban J connectivity index is 1.70. The first-order valence-electron chi connectivity index (χ1n) is 8.84. The molecule has 0 aliphatic rings. The van der Waals surface area contributed by atoms with Gasteiger partial charge in [-0.1, -0.05) is 12.1 Å². The van der Waals surface area contributed by atoms with E-state index in [0.29, 0.717) is 5.65 Å². The number of hydrogen-bond donors (Lipinski definition) is 1. The largest absolute Gasteiger partial charge is 0.416 e. The fourth-order valence-electron chi connectivity index (χ4n) is 3.05. The van der Waals surface area contributed by atoms with Gasteiger partial charge in [-0.25, -0.2) is 9.37 Å². The minimum atomic E-state index is -4.51. The minimum absolute atomic E-state index is 0.102. The molecule has 0 radical (unpaired) electrons. The number of imidazole rings is 1. The van der Waals surface area contributed by atoms with Gasteiger partial charge in [0.05, 0.1) is 17.2 Å². The van der Waals surface area contributed by atoms with Crippen LogP contribution in [0.5, 0.6) is 0 Å². The van der Waals surface area contributed by atoms with Crippen molar-refractivity contribution in [3.05, 3.63) is 102 Å². The van der Waals surface area contributed by atoms with Gasteiger partial charge >= 0.3 is 6.18 Å². The van der Waals surface area contributed by atoms with E-state index in [4.69, 9.17) is 0 Å². The van der Waals surface area contributed by atoms with Crippen molar-refractivity contribution in [3.63, 3.8) is 0 Å². The van der Waals surface area contributed by atoms with Crippen LogP contribution in [-0.4, -0.2) is 20.3 Å². The lowest BCUT2D eigenvalue weighted by Crippen LogP contribution is -2.30. The van der Waals surface area contributed by atoms with Crippen LogP contribution in [0.1, 0.15) is 33.2 Å². The SMILES string of the molecule is O=C(N[C@@H](c1ccc(C(F)(F)F)cc1)c1ncccc1F)c1ccc2nccn2c1. The molecule has 3 aromatic heterocycles. The molecule has 0 unspecified atom stereocenters. The Kier molecular flexibility index (Phi) is 4.94. The number of aromatic nitrogens is 3. The van der Waals surface area contributed by atoms with Crippen molar-refractivity contribution in [1.29, 1.82) is 0 Å². The molecule has 9 heteroatoms. The number of nitrogens with zero attached hydrogens (tertiary/aromatic N) is 3. The zero-order valence-corrected chi connectivity index (χ0v) is 15.3. The van der Waals surface area contributed by atoms with Crippen molar-refractivity contribution >= 4 is 11.6 Å². The number of amides is 1. The number of fused-ring (bicyclic) bond motifs is 1. The molecule has 0 bridgehead atoms. The first kappa shape index (κ1) is 19.6. The van der Waals surface area contributed by atoms with E-state index in [1.807, 2.05) is 0 Å². The average molecular weight is 414 g/mol. The molecular formula is C21H14F4N4O. The van der Waals surface area contributed by atoms with Gasteiger partial charge < -0.3 is 9.72 Å². The van der Waals surface area contributed by atoms with Gasteiger partial charge in [-0.05, 0) is 42.0 Å². The van der Waals surface area contributed by atoms with Crippen LogP contribution in [0.2, 0.25) is 0 Å². The lowest BCUT2D eigenvalue weighted by atomic mass is 10.0. The van der Waals surface area contributed by atoms with E-state index < -0.39 is 29.5 Å². The monoisotopic (exact) mass is 414 g/mol. The zero-order valence-electron chi connectivity index (χ0n) is 15.3. The summed E-state index contributed by atoms with van der Waals surface area (Å²) in [5.41, 5.74) is 0.228. The Hall–Kier alpha value is -3.75. The molecule has 0 aliphatic heterocycles. The number of nitrogens with one attached hydrogen (secondary N) is 1. The summed E-state index contributed by atoms with van der Waals surface area (Å²) in [5, 5.41) is 2.67. The second-order valence-electron chi connectivity index (χ2n) is 6.51. The smallest absolute Gasteiger partial charge is 0.339 e. The lowest BCUT2D eigenvalue weighted by molar-refractivity contribution is -0.137. The molecule has 1 aromatic carbocycles. The molecule has 1 atom stereocenters. The predicted molar refractivity (Wildman–Crippen MR) is 100 cm³/mol. The molecular weight excluding hydrogens is 400 g/mol. The highest BCUT2D eigenvalue weighted by atomic mass is 19.4. The molecule has 152 valence electrons. The standard InChI is InChI=1S/C21H14F4N4O/c22-16-2-1-9-27-19(16)18(13-3-6-15(7-4-13)21(23,24)25)28-20(30)14-5-8-17-26-10-11-29(17)12-14/h1-12,18H,(H,28,30)/t18-/m0/s1. The van der Waals surface area contributed by atoms with Crippen molar-refractivity contribution in [3.8, 4) is 0 Å². The molecule has 1 N–H and O–H groups in total. The Morgan fingerprint density at radius 1 is 1.00 bits per heavy atom. The molecule has 4 aromatic rings. The predicted octanol–water partition coefficient (Wildman–Crippen LogP) is 4.41. The highest BCUT2D eigenvalue weighted by molar-refractivity contribution is 5.94. The Morgan fingerprint density at radius 3 is 2.47 bits per heavy atom. The molecule has 0 spiro atoms. The summed E-state index contributed by atoms with van der Waals surface area (Å²) in [4.78, 5) is 20.9. The van der Waals surface area contributed by atoms with Gasteiger partial charge in [0.25, 0.3) is 5.91 Å². The van der Waals surface area contributed by atoms with Crippen molar-refractivity contribution in [2.24, 2.45) is 0 Å². The maximum atomic E-state index is 14.4. The number of benzene rings is 1. The highest BCUT2D eigenvalue weighted by Crippen LogP contribution is 2.31. The van der Waals surface area contributed by atoms with E-state index in [0.717, 1.165) is 12.1 Å². The molecule has 3 heterocycles. The second-order valence-corrected chi connectivity index (χ2v) is 6.51. The van der Waals surface area contributed by atoms with Gasteiger partial charge in [0, 0.05) is 24.8 Å². The van der Waals surface area contributed by atoms with Crippen LogP contribution in [-0.2, 0) is 6.18 Å². The highest BCUT2D eigenvalue weighted by Gasteiger charge is 2.31. The number of pyridine rings is 2. The molecule has 30 heavy (non-hydrogen) atoms. The Labute approximate surface area is 168 Å². The number of alkyl halides is 3. The summed E-state index contributed by atoms with van der Waals surface area (Å²) in [6, 6.07) is 8.82. The normalized spacial score (nSPS) is 12.7. The van der Waals surface area contributed by atoms with Crippen LogP contribution < -0.4 is 5.32 Å². The molecule has 0 fully saturated rings. The van der Waals surface area contributed by atoms with Gasteiger partial charge in [0.1, 0.15) is 17.2 Å². The Bertz CT molecular complexity index is 1200. The average Bonchev–Trinajstić information content (AvgIpc) is 3.20. The second kappa shape index (κ2) is 7.58. The van der Waals surface area contributed by atoms with Gasteiger partial charge in [0.2, 0.25) is 0 Å². The van der Waals surface area contributed by atoms with E-state index in [9.17, 15) is 22.4 Å². The minimum Gasteiger partial charge on any atom is -0.339 e. The third-order valence-corrected chi connectivity index (χ3v) is 4.56. The topological polar surface area (TPSA) is 59.3 Å². The van der Waals surface area contributed by atoms with Gasteiger partial charge in [-0.3, -0.25) is 9.78 Å². The molecule has 5 nitrogen and oxygen atoms in total. The molecule has 4 rings (SSSR count). The maximum absolute atomic E-state index is 14.4. The summed E-state index contributed by atoms with van der Waals surface area (Å²) in [6.45, 7) is 0. The third kappa shape index (κ3) is 3.86. The fourth-order valence-corrected chi connectivity index (χ4v) is 3.05. The van der Waals surface area contributed by atoms with Gasteiger partial charge in [0.15, 0.2) is 0 Å². The summed E-state index contributed by atoms with van der Waals surface area (Å²) >= 11 is 0. The van der Waals surface area contributed by atoms with Crippen LogP contribution >= 0.6 is 0 Å².